The number of carbonyl (C=O) groups excluding carboxylic acids is 1. The smallest absolute Gasteiger partial charge is 0.242 e. The Morgan fingerprint density at radius 2 is 2.07 bits per heavy atom. The second-order valence-electron chi connectivity index (χ2n) is 7.28. The van der Waals surface area contributed by atoms with Crippen molar-refractivity contribution in [2.45, 2.75) is 31.2 Å². The molecule has 2 aromatic rings. The highest BCUT2D eigenvalue weighted by molar-refractivity contribution is 6.31. The van der Waals surface area contributed by atoms with Crippen molar-refractivity contribution in [2.24, 2.45) is 5.92 Å². The molecule has 1 saturated carbocycles. The third-order valence-electron chi connectivity index (χ3n) is 5.33. The lowest BCUT2D eigenvalue weighted by atomic mass is 9.91. The van der Waals surface area contributed by atoms with Gasteiger partial charge in [0.05, 0.1) is 6.04 Å². The summed E-state index contributed by atoms with van der Waals surface area (Å²) in [6.07, 6.45) is 4.59. The molecule has 4 rings (SSSR count). The summed E-state index contributed by atoms with van der Waals surface area (Å²) in [5.74, 6) is -0.301. The van der Waals surface area contributed by atoms with Gasteiger partial charge in [-0.3, -0.25) is 9.69 Å². The number of aromatic nitrogens is 1. The zero-order chi connectivity index (χ0) is 19.0. The molecule has 1 aromatic heterocycles. The van der Waals surface area contributed by atoms with E-state index in [-0.39, 0.29) is 17.0 Å². The predicted octanol–water partition coefficient (Wildman–Crippen LogP) is 4.73. The van der Waals surface area contributed by atoms with Crippen LogP contribution in [0.25, 0.3) is 0 Å². The molecule has 2 aliphatic rings. The Kier molecular flexibility index (Phi) is 5.35. The van der Waals surface area contributed by atoms with Gasteiger partial charge < -0.3 is 5.32 Å². The topological polar surface area (TPSA) is 45.2 Å². The van der Waals surface area contributed by atoms with Gasteiger partial charge in [-0.25, -0.2) is 9.37 Å². The number of amides is 1. The minimum Gasteiger partial charge on any atom is -0.325 e. The van der Waals surface area contributed by atoms with Gasteiger partial charge in [0.2, 0.25) is 5.91 Å². The van der Waals surface area contributed by atoms with Crippen LogP contribution in [0.4, 0.5) is 10.1 Å². The molecule has 1 amide bonds. The van der Waals surface area contributed by atoms with Crippen LogP contribution in [0.1, 0.15) is 30.7 Å². The fourth-order valence-electron chi connectivity index (χ4n) is 3.87. The van der Waals surface area contributed by atoms with Crippen LogP contribution in [-0.4, -0.2) is 34.9 Å². The summed E-state index contributed by atoms with van der Waals surface area (Å²) in [5.41, 5.74) is 1.09. The van der Waals surface area contributed by atoms with Gasteiger partial charge in [-0.1, -0.05) is 29.3 Å². The van der Waals surface area contributed by atoms with Crippen molar-refractivity contribution in [1.29, 1.82) is 0 Å². The Morgan fingerprint density at radius 3 is 2.81 bits per heavy atom. The summed E-state index contributed by atoms with van der Waals surface area (Å²) < 4.78 is 14.6. The largest absolute Gasteiger partial charge is 0.325 e. The third-order valence-corrected chi connectivity index (χ3v) is 5.83. The van der Waals surface area contributed by atoms with E-state index in [9.17, 15) is 9.18 Å². The number of anilines is 1. The van der Waals surface area contributed by atoms with Gasteiger partial charge in [0, 0.05) is 29.4 Å². The molecule has 142 valence electrons. The molecule has 1 aliphatic heterocycles. The van der Waals surface area contributed by atoms with Crippen LogP contribution >= 0.6 is 23.2 Å². The van der Waals surface area contributed by atoms with Crippen LogP contribution < -0.4 is 5.32 Å². The summed E-state index contributed by atoms with van der Waals surface area (Å²) in [6.45, 7) is 1.62. The standard InChI is InChI=1S/C20H20Cl2FN3O/c21-13-2-1-3-14(10-13)25-20(27)18-16(7-9-26(18)11-12-4-5-12)15-6-8-24-19(22)17(15)23/h1-3,6,8,10,12,16,18H,4-5,7,9,11H2,(H,25,27). The normalized spacial score (nSPS) is 22.8. The number of nitrogens with one attached hydrogen (secondary N) is 1. The van der Waals surface area contributed by atoms with Crippen molar-refractivity contribution in [2.75, 3.05) is 18.4 Å². The Bertz CT molecular complexity index is 859. The van der Waals surface area contributed by atoms with E-state index in [1.807, 2.05) is 0 Å². The van der Waals surface area contributed by atoms with Crippen LogP contribution in [0.2, 0.25) is 10.2 Å². The van der Waals surface area contributed by atoms with Crippen LogP contribution in [0.15, 0.2) is 36.5 Å². The first-order valence-corrected chi connectivity index (χ1v) is 9.89. The summed E-state index contributed by atoms with van der Waals surface area (Å²) in [7, 11) is 0. The zero-order valence-electron chi connectivity index (χ0n) is 14.7. The summed E-state index contributed by atoms with van der Waals surface area (Å²) in [4.78, 5) is 19.1. The van der Waals surface area contributed by atoms with Crippen LogP contribution in [0.3, 0.4) is 0 Å². The number of hydrogen-bond donors (Lipinski definition) is 1. The molecule has 2 unspecified atom stereocenters. The summed E-state index contributed by atoms with van der Waals surface area (Å²) in [6, 6.07) is 8.23. The first kappa shape index (κ1) is 18.7. The lowest BCUT2D eigenvalue weighted by molar-refractivity contribution is -0.120. The maximum atomic E-state index is 14.6. The number of carbonyl (C=O) groups is 1. The zero-order valence-corrected chi connectivity index (χ0v) is 16.2. The number of nitrogens with zero attached hydrogens (tertiary/aromatic N) is 2. The van der Waals surface area contributed by atoms with Crippen LogP contribution in [-0.2, 0) is 4.79 Å². The molecule has 1 saturated heterocycles. The lowest BCUT2D eigenvalue weighted by Crippen LogP contribution is -2.43. The number of halogens is 3. The third kappa shape index (κ3) is 4.10. The SMILES string of the molecule is O=C(Nc1cccc(Cl)c1)C1C(c2ccnc(Cl)c2F)CCN1CC1CC1. The van der Waals surface area contributed by atoms with E-state index >= 15 is 0 Å². The number of pyridine rings is 1. The second kappa shape index (κ2) is 7.74. The van der Waals surface area contributed by atoms with E-state index < -0.39 is 11.9 Å². The van der Waals surface area contributed by atoms with Gasteiger partial charge in [-0.05, 0) is 61.6 Å². The molecule has 2 atom stereocenters. The quantitative estimate of drug-likeness (QED) is 0.728. The predicted molar refractivity (Wildman–Crippen MR) is 105 cm³/mol. The summed E-state index contributed by atoms with van der Waals surface area (Å²) >= 11 is 11.9. The highest BCUT2D eigenvalue weighted by Crippen LogP contribution is 2.39. The van der Waals surface area contributed by atoms with Crippen molar-refractivity contribution in [3.8, 4) is 0 Å². The first-order chi connectivity index (χ1) is 13.0. The van der Waals surface area contributed by atoms with Crippen LogP contribution in [0.5, 0.6) is 0 Å². The maximum Gasteiger partial charge on any atom is 0.242 e. The minimum absolute atomic E-state index is 0.146. The average Bonchev–Trinajstić information content (AvgIpc) is 3.35. The molecule has 1 N–H and O–H groups in total. The number of likely N-dealkylation sites (tertiary alicyclic amines) is 1. The van der Waals surface area contributed by atoms with E-state index in [4.69, 9.17) is 23.2 Å². The van der Waals surface area contributed by atoms with Crippen molar-refractivity contribution >= 4 is 34.8 Å². The van der Waals surface area contributed by atoms with Gasteiger partial charge in [0.15, 0.2) is 11.0 Å². The van der Waals surface area contributed by atoms with Gasteiger partial charge in [0.1, 0.15) is 0 Å². The van der Waals surface area contributed by atoms with Crippen LogP contribution in [0, 0.1) is 11.7 Å². The van der Waals surface area contributed by atoms with Crippen molar-refractivity contribution in [1.82, 2.24) is 9.88 Å². The fraction of sp³-hybridized carbons (Fsp3) is 0.400. The number of benzene rings is 1. The average molecular weight is 408 g/mol. The second-order valence-corrected chi connectivity index (χ2v) is 8.08. The van der Waals surface area contributed by atoms with Gasteiger partial charge in [-0.15, -0.1) is 0 Å². The van der Waals surface area contributed by atoms with Gasteiger partial charge in [-0.2, -0.15) is 0 Å². The number of hydrogen-bond acceptors (Lipinski definition) is 3. The van der Waals surface area contributed by atoms with Gasteiger partial charge in [0.25, 0.3) is 0 Å². The lowest BCUT2D eigenvalue weighted by Gasteiger charge is -2.27. The number of rotatable bonds is 5. The molecular formula is C20H20Cl2FN3O. The maximum absolute atomic E-state index is 14.6. The Balaban J connectivity index is 1.62. The van der Waals surface area contributed by atoms with Crippen molar-refractivity contribution < 1.29 is 9.18 Å². The van der Waals surface area contributed by atoms with Crippen molar-refractivity contribution in [3.05, 3.63) is 58.1 Å². The monoisotopic (exact) mass is 407 g/mol. The van der Waals surface area contributed by atoms with Crippen molar-refractivity contribution in [3.63, 3.8) is 0 Å². The minimum atomic E-state index is -0.530. The Labute approximate surface area is 167 Å². The Hall–Kier alpha value is -1.69. The summed E-state index contributed by atoms with van der Waals surface area (Å²) in [5, 5.41) is 3.35. The molecule has 7 heteroatoms. The highest BCUT2D eigenvalue weighted by Gasteiger charge is 2.43. The van der Waals surface area contributed by atoms with E-state index in [1.165, 1.54) is 19.0 Å². The molecule has 2 fully saturated rings. The molecule has 1 aromatic carbocycles. The molecule has 27 heavy (non-hydrogen) atoms. The fourth-order valence-corrected chi connectivity index (χ4v) is 4.22. The Morgan fingerprint density at radius 1 is 1.26 bits per heavy atom. The molecule has 0 radical (unpaired) electrons. The molecule has 1 aliphatic carbocycles. The molecule has 0 bridgehead atoms. The molecule has 0 spiro atoms. The van der Waals surface area contributed by atoms with Gasteiger partial charge >= 0.3 is 0 Å². The van der Waals surface area contributed by atoms with E-state index in [0.717, 1.165) is 13.1 Å². The van der Waals surface area contributed by atoms with E-state index in [2.05, 4.69) is 15.2 Å². The first-order valence-electron chi connectivity index (χ1n) is 9.13. The molecule has 4 nitrogen and oxygen atoms in total. The molecular weight excluding hydrogens is 388 g/mol. The molecule has 2 heterocycles. The highest BCUT2D eigenvalue weighted by atomic mass is 35.5. The van der Waals surface area contributed by atoms with E-state index in [0.29, 0.717) is 28.6 Å². The van der Waals surface area contributed by atoms with E-state index in [1.54, 1.807) is 30.3 Å².